The van der Waals surface area contributed by atoms with E-state index in [9.17, 15) is 4.79 Å². The van der Waals surface area contributed by atoms with Crippen LogP contribution in [0.15, 0.2) is 16.5 Å². The zero-order chi connectivity index (χ0) is 15.4. The summed E-state index contributed by atoms with van der Waals surface area (Å²) >= 11 is 0. The highest BCUT2D eigenvalue weighted by atomic mass is 16.6. The molecule has 0 bridgehead atoms. The van der Waals surface area contributed by atoms with E-state index >= 15 is 0 Å². The number of rotatable bonds is 7. The lowest BCUT2D eigenvalue weighted by Gasteiger charge is -2.31. The molecule has 6 heteroatoms. The molecule has 1 aliphatic carbocycles. The Labute approximate surface area is 130 Å². The molecule has 1 N–H and O–H groups in total. The lowest BCUT2D eigenvalue weighted by Crippen LogP contribution is -2.50. The van der Waals surface area contributed by atoms with Crippen molar-refractivity contribution >= 4 is 5.91 Å². The fourth-order valence-corrected chi connectivity index (χ4v) is 2.50. The summed E-state index contributed by atoms with van der Waals surface area (Å²) in [7, 11) is 0. The van der Waals surface area contributed by atoms with Crippen LogP contribution in [0, 0.1) is 5.92 Å². The maximum absolute atomic E-state index is 12.3. The summed E-state index contributed by atoms with van der Waals surface area (Å²) in [6.45, 7) is 4.30. The number of hydrogen-bond donors (Lipinski definition) is 1. The molecule has 2 aliphatic rings. The van der Waals surface area contributed by atoms with E-state index in [1.54, 1.807) is 12.1 Å². The average molecular weight is 309 g/mol. The fraction of sp³-hybridized carbons (Fsp3) is 0.688. The number of nitrogens with one attached hydrogen (secondary N) is 1. The molecule has 6 nitrogen and oxygen atoms in total. The molecule has 122 valence electrons. The first-order valence-corrected chi connectivity index (χ1v) is 7.99. The molecule has 1 saturated carbocycles. The van der Waals surface area contributed by atoms with Gasteiger partial charge in [0.15, 0.2) is 5.76 Å². The smallest absolute Gasteiger partial charge is 0.287 e. The summed E-state index contributed by atoms with van der Waals surface area (Å²) in [5.41, 5.74) is 0. The van der Waals surface area contributed by atoms with E-state index in [0.717, 1.165) is 13.0 Å². The van der Waals surface area contributed by atoms with Gasteiger partial charge in [-0.2, -0.15) is 0 Å². The molecular formula is C16H23NO5. The summed E-state index contributed by atoms with van der Waals surface area (Å²) in [6, 6.07) is 3.13. The van der Waals surface area contributed by atoms with Crippen molar-refractivity contribution in [3.8, 4) is 5.95 Å². The van der Waals surface area contributed by atoms with Crippen molar-refractivity contribution in [3.63, 3.8) is 0 Å². The van der Waals surface area contributed by atoms with Crippen molar-refractivity contribution in [3.05, 3.63) is 17.9 Å². The standard InChI is InChI=1S/C16H23NO5/c1-2-20-15-6-5-14(22-15)16(18)17-12-10-19-8-7-13(12)21-9-11-3-4-11/h5-6,11-13H,2-4,7-10H2,1H3,(H,17,18)/t12-,13+/m1/s1. The number of furan rings is 1. The number of carbonyl (C=O) groups is 1. The van der Waals surface area contributed by atoms with Gasteiger partial charge in [-0.3, -0.25) is 4.79 Å². The largest absolute Gasteiger partial charge is 0.465 e. The summed E-state index contributed by atoms with van der Waals surface area (Å²) in [4.78, 5) is 12.3. The highest BCUT2D eigenvalue weighted by Crippen LogP contribution is 2.30. The van der Waals surface area contributed by atoms with Crippen LogP contribution in [0.5, 0.6) is 5.95 Å². The molecule has 3 rings (SSSR count). The number of carbonyl (C=O) groups excluding carboxylic acids is 1. The van der Waals surface area contributed by atoms with E-state index in [2.05, 4.69) is 5.32 Å². The predicted octanol–water partition coefficient (Wildman–Crippen LogP) is 1.99. The Morgan fingerprint density at radius 1 is 1.36 bits per heavy atom. The van der Waals surface area contributed by atoms with Gasteiger partial charge in [0, 0.05) is 19.3 Å². The highest BCUT2D eigenvalue weighted by molar-refractivity contribution is 5.91. The van der Waals surface area contributed by atoms with Crippen molar-refractivity contribution in [2.24, 2.45) is 5.92 Å². The van der Waals surface area contributed by atoms with Crippen molar-refractivity contribution in [1.82, 2.24) is 5.32 Å². The fourth-order valence-electron chi connectivity index (χ4n) is 2.50. The molecule has 2 fully saturated rings. The molecule has 0 spiro atoms. The zero-order valence-electron chi connectivity index (χ0n) is 12.9. The lowest BCUT2D eigenvalue weighted by molar-refractivity contribution is -0.0569. The van der Waals surface area contributed by atoms with Crippen molar-refractivity contribution in [2.75, 3.05) is 26.4 Å². The van der Waals surface area contributed by atoms with Crippen LogP contribution in [-0.4, -0.2) is 44.5 Å². The Morgan fingerprint density at radius 2 is 2.23 bits per heavy atom. The number of ether oxygens (including phenoxy) is 3. The Kier molecular flexibility index (Phi) is 5.00. The van der Waals surface area contributed by atoms with Gasteiger partial charge >= 0.3 is 0 Å². The molecule has 0 radical (unpaired) electrons. The quantitative estimate of drug-likeness (QED) is 0.834. The topological polar surface area (TPSA) is 69.9 Å². The maximum atomic E-state index is 12.3. The van der Waals surface area contributed by atoms with Crippen LogP contribution in [-0.2, 0) is 9.47 Å². The van der Waals surface area contributed by atoms with Gasteiger partial charge in [0.25, 0.3) is 11.9 Å². The van der Waals surface area contributed by atoms with Gasteiger partial charge in [-0.05, 0) is 38.2 Å². The van der Waals surface area contributed by atoms with Crippen LogP contribution in [0.1, 0.15) is 36.7 Å². The van der Waals surface area contributed by atoms with Gasteiger partial charge < -0.3 is 23.9 Å². The van der Waals surface area contributed by atoms with Crippen LogP contribution in [0.3, 0.4) is 0 Å². The monoisotopic (exact) mass is 309 g/mol. The summed E-state index contributed by atoms with van der Waals surface area (Å²) in [5, 5.41) is 2.95. The van der Waals surface area contributed by atoms with Gasteiger partial charge in [-0.15, -0.1) is 0 Å². The van der Waals surface area contributed by atoms with Crippen molar-refractivity contribution < 1.29 is 23.4 Å². The van der Waals surface area contributed by atoms with Crippen LogP contribution < -0.4 is 10.1 Å². The Balaban J connectivity index is 1.54. The third-order valence-electron chi connectivity index (χ3n) is 3.94. The summed E-state index contributed by atoms with van der Waals surface area (Å²) < 4.78 is 22.0. The van der Waals surface area contributed by atoms with E-state index < -0.39 is 0 Å². The molecule has 1 aromatic heterocycles. The minimum absolute atomic E-state index is 0.0135. The number of hydrogen-bond acceptors (Lipinski definition) is 5. The van der Waals surface area contributed by atoms with Crippen LogP contribution in [0.25, 0.3) is 0 Å². The van der Waals surface area contributed by atoms with Gasteiger partial charge in [0.05, 0.1) is 25.4 Å². The number of amides is 1. The second-order valence-corrected chi connectivity index (χ2v) is 5.81. The molecule has 2 heterocycles. The Hall–Kier alpha value is -1.53. The third-order valence-corrected chi connectivity index (χ3v) is 3.94. The van der Waals surface area contributed by atoms with Gasteiger partial charge in [0.2, 0.25) is 0 Å². The minimum Gasteiger partial charge on any atom is -0.465 e. The van der Waals surface area contributed by atoms with E-state index in [0.29, 0.717) is 31.7 Å². The molecule has 1 aliphatic heterocycles. The second-order valence-electron chi connectivity index (χ2n) is 5.81. The predicted molar refractivity (Wildman–Crippen MR) is 79.0 cm³/mol. The van der Waals surface area contributed by atoms with Crippen molar-refractivity contribution in [1.29, 1.82) is 0 Å². The highest BCUT2D eigenvalue weighted by Gasteiger charge is 2.31. The maximum Gasteiger partial charge on any atom is 0.287 e. The lowest BCUT2D eigenvalue weighted by atomic mass is 10.1. The zero-order valence-corrected chi connectivity index (χ0v) is 12.9. The van der Waals surface area contributed by atoms with Crippen LogP contribution in [0.4, 0.5) is 0 Å². The molecule has 22 heavy (non-hydrogen) atoms. The average Bonchev–Trinajstić information content (AvgIpc) is 3.24. The molecule has 1 saturated heterocycles. The van der Waals surface area contributed by atoms with Gasteiger partial charge in [0.1, 0.15) is 0 Å². The van der Waals surface area contributed by atoms with E-state index in [1.165, 1.54) is 12.8 Å². The first kappa shape index (κ1) is 15.4. The SMILES string of the molecule is CCOc1ccc(C(=O)N[C@@H]2COCC[C@@H]2OCC2CC2)o1. The van der Waals surface area contributed by atoms with Crippen molar-refractivity contribution in [2.45, 2.75) is 38.3 Å². The normalized spacial score (nSPS) is 25.0. The molecular weight excluding hydrogens is 286 g/mol. The Bertz CT molecular complexity index is 496. The first-order valence-electron chi connectivity index (χ1n) is 7.99. The summed E-state index contributed by atoms with van der Waals surface area (Å²) in [6.07, 6.45) is 3.33. The molecule has 0 aromatic carbocycles. The van der Waals surface area contributed by atoms with Crippen LogP contribution in [0.2, 0.25) is 0 Å². The summed E-state index contributed by atoms with van der Waals surface area (Å²) in [5.74, 6) is 1.04. The third kappa shape index (κ3) is 4.01. The second kappa shape index (κ2) is 7.15. The molecule has 1 amide bonds. The Morgan fingerprint density at radius 3 is 3.00 bits per heavy atom. The molecule has 2 atom stereocenters. The van der Waals surface area contributed by atoms with E-state index in [-0.39, 0.29) is 23.8 Å². The van der Waals surface area contributed by atoms with E-state index in [1.807, 2.05) is 6.92 Å². The molecule has 0 unspecified atom stereocenters. The van der Waals surface area contributed by atoms with Crippen LogP contribution >= 0.6 is 0 Å². The first-order chi connectivity index (χ1) is 10.8. The minimum atomic E-state index is -0.263. The molecule has 1 aromatic rings. The van der Waals surface area contributed by atoms with E-state index in [4.69, 9.17) is 18.6 Å². The van der Waals surface area contributed by atoms with Gasteiger partial charge in [-0.1, -0.05) is 0 Å². The van der Waals surface area contributed by atoms with Gasteiger partial charge in [-0.25, -0.2) is 0 Å².